The van der Waals surface area contributed by atoms with Crippen molar-refractivity contribution in [2.24, 2.45) is 5.10 Å². The molecule has 0 aliphatic rings. The van der Waals surface area contributed by atoms with Gasteiger partial charge in [0.05, 0.1) is 36.7 Å². The van der Waals surface area contributed by atoms with Crippen LogP contribution in [0.25, 0.3) is 10.1 Å². The highest BCUT2D eigenvalue weighted by atomic mass is 35.5. The lowest BCUT2D eigenvalue weighted by Gasteiger charge is -2.09. The molecule has 3 rings (SSSR count). The standard InChI is InChI=1S/C20H18ClN3O4S/c1-27-16-7-6-12(8-17(16)28-2)20(26)22-10-18(25)24-23-9-13-11-29-19-14(13)4-3-5-15(19)21/h3-9,11H,10H2,1-2H3,(H,22,26)(H,24,25). The predicted molar refractivity (Wildman–Crippen MR) is 114 cm³/mol. The van der Waals surface area contributed by atoms with E-state index in [0.717, 1.165) is 15.6 Å². The molecule has 29 heavy (non-hydrogen) atoms. The third-order valence-electron chi connectivity index (χ3n) is 4.03. The van der Waals surface area contributed by atoms with E-state index in [1.165, 1.54) is 31.6 Å². The van der Waals surface area contributed by atoms with E-state index >= 15 is 0 Å². The number of fused-ring (bicyclic) bond motifs is 1. The van der Waals surface area contributed by atoms with Gasteiger partial charge >= 0.3 is 0 Å². The Hall–Kier alpha value is -3.10. The summed E-state index contributed by atoms with van der Waals surface area (Å²) in [7, 11) is 2.99. The van der Waals surface area contributed by atoms with E-state index in [1.54, 1.807) is 18.3 Å². The van der Waals surface area contributed by atoms with Gasteiger partial charge in [-0.3, -0.25) is 9.59 Å². The number of halogens is 1. The first-order valence-corrected chi connectivity index (χ1v) is 9.77. The lowest BCUT2D eigenvalue weighted by molar-refractivity contribution is -0.120. The maximum Gasteiger partial charge on any atom is 0.259 e. The Bertz CT molecular complexity index is 1080. The number of hydrazone groups is 1. The summed E-state index contributed by atoms with van der Waals surface area (Å²) in [6, 6.07) is 10.4. The molecular formula is C20H18ClN3O4S. The zero-order chi connectivity index (χ0) is 20.8. The number of rotatable bonds is 7. The second-order valence-electron chi connectivity index (χ2n) is 5.85. The summed E-state index contributed by atoms with van der Waals surface area (Å²) in [5, 5.41) is 10.0. The van der Waals surface area contributed by atoms with Gasteiger partial charge in [-0.25, -0.2) is 5.43 Å². The zero-order valence-electron chi connectivity index (χ0n) is 15.7. The van der Waals surface area contributed by atoms with E-state index in [-0.39, 0.29) is 6.54 Å². The van der Waals surface area contributed by atoms with Gasteiger partial charge in [-0.2, -0.15) is 5.10 Å². The van der Waals surface area contributed by atoms with Crippen LogP contribution >= 0.6 is 22.9 Å². The smallest absolute Gasteiger partial charge is 0.259 e. The van der Waals surface area contributed by atoms with E-state index in [2.05, 4.69) is 15.8 Å². The third-order valence-corrected chi connectivity index (χ3v) is 5.50. The Morgan fingerprint density at radius 1 is 1.17 bits per heavy atom. The molecule has 2 aromatic carbocycles. The van der Waals surface area contributed by atoms with Gasteiger partial charge in [0.2, 0.25) is 0 Å². The highest BCUT2D eigenvalue weighted by molar-refractivity contribution is 7.18. The summed E-state index contributed by atoms with van der Waals surface area (Å²) in [6.07, 6.45) is 1.54. The Morgan fingerprint density at radius 2 is 1.97 bits per heavy atom. The van der Waals surface area contributed by atoms with Crippen molar-refractivity contribution in [1.29, 1.82) is 0 Å². The summed E-state index contributed by atoms with van der Waals surface area (Å²) >= 11 is 7.66. The molecule has 7 nitrogen and oxygen atoms in total. The fraction of sp³-hybridized carbons (Fsp3) is 0.150. The van der Waals surface area contributed by atoms with Crippen molar-refractivity contribution in [3.05, 3.63) is 57.9 Å². The van der Waals surface area contributed by atoms with Crippen LogP contribution in [0.3, 0.4) is 0 Å². The normalized spacial score (nSPS) is 10.9. The number of ether oxygens (including phenoxy) is 2. The molecule has 1 heterocycles. The summed E-state index contributed by atoms with van der Waals surface area (Å²) in [5.74, 6) is 0.0758. The Kier molecular flexibility index (Phi) is 6.69. The van der Waals surface area contributed by atoms with Crippen LogP contribution in [0.15, 0.2) is 46.9 Å². The van der Waals surface area contributed by atoms with Crippen molar-refractivity contribution in [2.75, 3.05) is 20.8 Å². The summed E-state index contributed by atoms with van der Waals surface area (Å²) in [6.45, 7) is -0.221. The summed E-state index contributed by atoms with van der Waals surface area (Å²) < 4.78 is 11.3. The highest BCUT2D eigenvalue weighted by Gasteiger charge is 2.12. The van der Waals surface area contributed by atoms with Gasteiger partial charge < -0.3 is 14.8 Å². The number of carbonyl (C=O) groups excluding carboxylic acids is 2. The number of nitrogens with one attached hydrogen (secondary N) is 2. The number of carbonyl (C=O) groups is 2. The van der Waals surface area contributed by atoms with Crippen LogP contribution in [-0.4, -0.2) is 38.8 Å². The van der Waals surface area contributed by atoms with Crippen LogP contribution in [0.2, 0.25) is 5.02 Å². The average molecular weight is 432 g/mol. The third kappa shape index (κ3) is 4.85. The van der Waals surface area contributed by atoms with E-state index in [1.807, 2.05) is 23.6 Å². The molecule has 0 radical (unpaired) electrons. The number of thiophene rings is 1. The van der Waals surface area contributed by atoms with Gasteiger partial charge in [0.1, 0.15) is 0 Å². The number of hydrogen-bond donors (Lipinski definition) is 2. The summed E-state index contributed by atoms with van der Waals surface area (Å²) in [5.41, 5.74) is 3.59. The second kappa shape index (κ2) is 9.40. The monoisotopic (exact) mass is 431 g/mol. The van der Waals surface area contributed by atoms with Gasteiger partial charge in [0, 0.05) is 21.9 Å². The molecule has 2 amide bonds. The highest BCUT2D eigenvalue weighted by Crippen LogP contribution is 2.31. The maximum absolute atomic E-state index is 12.2. The fourth-order valence-electron chi connectivity index (χ4n) is 2.60. The molecule has 9 heteroatoms. The van der Waals surface area contributed by atoms with Crippen molar-refractivity contribution >= 4 is 51.1 Å². The van der Waals surface area contributed by atoms with E-state index in [4.69, 9.17) is 21.1 Å². The molecule has 0 saturated heterocycles. The average Bonchev–Trinajstić information content (AvgIpc) is 3.16. The molecule has 0 unspecified atom stereocenters. The molecule has 2 N–H and O–H groups in total. The first-order valence-electron chi connectivity index (χ1n) is 8.51. The van der Waals surface area contributed by atoms with Crippen LogP contribution in [-0.2, 0) is 4.79 Å². The van der Waals surface area contributed by atoms with Gasteiger partial charge in [-0.05, 0) is 24.3 Å². The van der Waals surface area contributed by atoms with Crippen LogP contribution in [0.1, 0.15) is 15.9 Å². The first kappa shape index (κ1) is 20.6. The van der Waals surface area contributed by atoms with Gasteiger partial charge in [-0.1, -0.05) is 23.7 Å². The number of methoxy groups -OCH3 is 2. The van der Waals surface area contributed by atoms with E-state index in [9.17, 15) is 9.59 Å². The van der Waals surface area contributed by atoms with Gasteiger partial charge in [0.15, 0.2) is 11.5 Å². The van der Waals surface area contributed by atoms with E-state index < -0.39 is 11.8 Å². The lowest BCUT2D eigenvalue weighted by Crippen LogP contribution is -2.34. The van der Waals surface area contributed by atoms with Crippen molar-refractivity contribution in [2.45, 2.75) is 0 Å². The molecule has 3 aromatic rings. The Labute approximate surface area is 176 Å². The molecular weight excluding hydrogens is 414 g/mol. The number of nitrogens with zero attached hydrogens (tertiary/aromatic N) is 1. The molecule has 0 fully saturated rings. The van der Waals surface area contributed by atoms with Crippen molar-refractivity contribution in [3.63, 3.8) is 0 Å². The number of amides is 2. The predicted octanol–water partition coefficient (Wildman–Crippen LogP) is 3.45. The Morgan fingerprint density at radius 3 is 2.72 bits per heavy atom. The van der Waals surface area contributed by atoms with Crippen molar-refractivity contribution in [1.82, 2.24) is 10.7 Å². The van der Waals surface area contributed by atoms with Gasteiger partial charge in [-0.15, -0.1) is 11.3 Å². The van der Waals surface area contributed by atoms with E-state index in [0.29, 0.717) is 22.1 Å². The van der Waals surface area contributed by atoms with Crippen LogP contribution < -0.4 is 20.2 Å². The van der Waals surface area contributed by atoms with Gasteiger partial charge in [0.25, 0.3) is 11.8 Å². The zero-order valence-corrected chi connectivity index (χ0v) is 17.3. The quantitative estimate of drug-likeness (QED) is 0.443. The van der Waals surface area contributed by atoms with Crippen molar-refractivity contribution in [3.8, 4) is 11.5 Å². The SMILES string of the molecule is COc1ccc(C(=O)NCC(=O)NN=Cc2csc3c(Cl)cccc23)cc1OC. The molecule has 0 saturated carbocycles. The minimum Gasteiger partial charge on any atom is -0.493 e. The first-order chi connectivity index (χ1) is 14.0. The number of hydrogen-bond acceptors (Lipinski definition) is 6. The van der Waals surface area contributed by atoms with Crippen LogP contribution in [0, 0.1) is 0 Å². The lowest BCUT2D eigenvalue weighted by atomic mass is 10.2. The largest absolute Gasteiger partial charge is 0.493 e. The second-order valence-corrected chi connectivity index (χ2v) is 7.14. The minimum absolute atomic E-state index is 0.221. The fourth-order valence-corrected chi connectivity index (χ4v) is 3.83. The number of benzene rings is 2. The topological polar surface area (TPSA) is 89.0 Å². The van der Waals surface area contributed by atoms with Crippen LogP contribution in [0.4, 0.5) is 0 Å². The van der Waals surface area contributed by atoms with Crippen molar-refractivity contribution < 1.29 is 19.1 Å². The summed E-state index contributed by atoms with van der Waals surface area (Å²) in [4.78, 5) is 24.2. The molecule has 0 bridgehead atoms. The molecule has 1 aromatic heterocycles. The Balaban J connectivity index is 1.55. The van der Waals surface area contributed by atoms with Crippen LogP contribution in [0.5, 0.6) is 11.5 Å². The minimum atomic E-state index is -0.451. The molecule has 0 atom stereocenters. The molecule has 0 aliphatic heterocycles. The molecule has 150 valence electrons. The maximum atomic E-state index is 12.2. The molecule has 0 spiro atoms. The molecule has 0 aliphatic carbocycles.